The molecule has 126 valence electrons. The van der Waals surface area contributed by atoms with E-state index in [9.17, 15) is 9.59 Å². The van der Waals surface area contributed by atoms with E-state index in [2.05, 4.69) is 10.6 Å². The minimum Gasteiger partial charge on any atom is -0.478 e. The molecule has 0 fully saturated rings. The van der Waals surface area contributed by atoms with Gasteiger partial charge in [-0.1, -0.05) is 12.1 Å². The highest BCUT2D eigenvalue weighted by atomic mass is 16.4. The zero-order valence-electron chi connectivity index (χ0n) is 14.1. The van der Waals surface area contributed by atoms with Crippen LogP contribution in [0.15, 0.2) is 36.4 Å². The van der Waals surface area contributed by atoms with Gasteiger partial charge < -0.3 is 15.7 Å². The Morgan fingerprint density at radius 2 is 1.79 bits per heavy atom. The molecular formula is C19H22N2O3. The fourth-order valence-electron chi connectivity index (χ4n) is 2.50. The first kappa shape index (κ1) is 17.5. The molecule has 0 aromatic heterocycles. The van der Waals surface area contributed by atoms with Crippen LogP contribution in [0.5, 0.6) is 0 Å². The first-order valence-electron chi connectivity index (χ1n) is 7.88. The molecular weight excluding hydrogens is 304 g/mol. The van der Waals surface area contributed by atoms with Gasteiger partial charge in [0.15, 0.2) is 0 Å². The van der Waals surface area contributed by atoms with Gasteiger partial charge in [-0.15, -0.1) is 0 Å². The highest BCUT2D eigenvalue weighted by Crippen LogP contribution is 2.23. The first-order chi connectivity index (χ1) is 11.4. The molecule has 0 heterocycles. The van der Waals surface area contributed by atoms with Gasteiger partial charge in [0.1, 0.15) is 0 Å². The monoisotopic (exact) mass is 326 g/mol. The Kier molecular flexibility index (Phi) is 5.58. The molecule has 0 bridgehead atoms. The largest absolute Gasteiger partial charge is 0.478 e. The van der Waals surface area contributed by atoms with E-state index in [0.717, 1.165) is 34.6 Å². The topological polar surface area (TPSA) is 78.4 Å². The Morgan fingerprint density at radius 3 is 2.42 bits per heavy atom. The van der Waals surface area contributed by atoms with Crippen molar-refractivity contribution in [3.05, 3.63) is 58.7 Å². The summed E-state index contributed by atoms with van der Waals surface area (Å²) in [5, 5.41) is 15.1. The van der Waals surface area contributed by atoms with Gasteiger partial charge in [-0.3, -0.25) is 4.79 Å². The van der Waals surface area contributed by atoms with Crippen LogP contribution in [0.3, 0.4) is 0 Å². The summed E-state index contributed by atoms with van der Waals surface area (Å²) >= 11 is 0. The van der Waals surface area contributed by atoms with Gasteiger partial charge in [0.2, 0.25) is 5.91 Å². The minimum atomic E-state index is -0.968. The summed E-state index contributed by atoms with van der Waals surface area (Å²) in [4.78, 5) is 23.3. The minimum absolute atomic E-state index is 0.135. The number of hydrogen-bond donors (Lipinski definition) is 3. The third-order valence-electron chi connectivity index (χ3n) is 3.76. The number of carbonyl (C=O) groups is 2. The Labute approximate surface area is 141 Å². The number of carboxylic acid groups (broad SMARTS) is 1. The van der Waals surface area contributed by atoms with Crippen molar-refractivity contribution in [2.24, 2.45) is 0 Å². The van der Waals surface area contributed by atoms with E-state index >= 15 is 0 Å². The number of amides is 1. The van der Waals surface area contributed by atoms with E-state index < -0.39 is 5.97 Å². The van der Waals surface area contributed by atoms with Crippen LogP contribution in [0.4, 0.5) is 11.4 Å². The first-order valence-corrected chi connectivity index (χ1v) is 7.88. The van der Waals surface area contributed by atoms with Crippen molar-refractivity contribution in [2.75, 3.05) is 17.2 Å². The summed E-state index contributed by atoms with van der Waals surface area (Å²) in [5.74, 6) is -1.10. The summed E-state index contributed by atoms with van der Waals surface area (Å²) in [5.41, 5.74) is 4.58. The van der Waals surface area contributed by atoms with Crippen LogP contribution < -0.4 is 10.6 Å². The molecule has 0 radical (unpaired) electrons. The molecule has 5 nitrogen and oxygen atoms in total. The number of aryl methyl sites for hydroxylation is 2. The number of carbonyl (C=O) groups excluding carboxylic acids is 1. The number of rotatable bonds is 6. The second kappa shape index (κ2) is 7.64. The summed E-state index contributed by atoms with van der Waals surface area (Å²) < 4.78 is 0. The van der Waals surface area contributed by atoms with Crippen molar-refractivity contribution in [3.8, 4) is 0 Å². The third kappa shape index (κ3) is 4.35. The van der Waals surface area contributed by atoms with Gasteiger partial charge >= 0.3 is 5.97 Å². The lowest BCUT2D eigenvalue weighted by Crippen LogP contribution is -2.16. The number of hydrogen-bond acceptors (Lipinski definition) is 3. The maximum Gasteiger partial charge on any atom is 0.335 e. The predicted molar refractivity (Wildman–Crippen MR) is 95.8 cm³/mol. The molecule has 0 unspecified atom stereocenters. The molecule has 0 atom stereocenters. The Bertz CT molecular complexity index is 769. The SMILES string of the molecule is CCNc1cc(C)ccc1NC(=O)Cc1ccc(C(=O)O)cc1C. The summed E-state index contributed by atoms with van der Waals surface area (Å²) in [6, 6.07) is 10.6. The van der Waals surface area contributed by atoms with Gasteiger partial charge in [-0.25, -0.2) is 4.79 Å². The molecule has 0 spiro atoms. The highest BCUT2D eigenvalue weighted by Gasteiger charge is 2.11. The normalized spacial score (nSPS) is 10.3. The standard InChI is InChI=1S/C19H22N2O3/c1-4-20-17-9-12(2)5-8-16(17)21-18(22)11-14-6-7-15(19(23)24)10-13(14)3/h5-10,20H,4,11H2,1-3H3,(H,21,22)(H,23,24). The van der Waals surface area contributed by atoms with Crippen LogP contribution in [0, 0.1) is 13.8 Å². The molecule has 1 amide bonds. The lowest BCUT2D eigenvalue weighted by molar-refractivity contribution is -0.115. The van der Waals surface area contributed by atoms with E-state index in [1.54, 1.807) is 12.1 Å². The molecule has 0 saturated heterocycles. The zero-order chi connectivity index (χ0) is 17.7. The maximum atomic E-state index is 12.3. The molecule has 2 rings (SSSR count). The fourth-order valence-corrected chi connectivity index (χ4v) is 2.50. The van der Waals surface area contributed by atoms with E-state index in [0.29, 0.717) is 0 Å². The molecule has 0 aliphatic rings. The average molecular weight is 326 g/mol. The highest BCUT2D eigenvalue weighted by molar-refractivity contribution is 5.96. The third-order valence-corrected chi connectivity index (χ3v) is 3.76. The molecule has 5 heteroatoms. The summed E-state index contributed by atoms with van der Waals surface area (Å²) in [6.07, 6.45) is 0.200. The van der Waals surface area contributed by atoms with E-state index in [4.69, 9.17) is 5.11 Å². The smallest absolute Gasteiger partial charge is 0.335 e. The zero-order valence-corrected chi connectivity index (χ0v) is 14.1. The van der Waals surface area contributed by atoms with Crippen LogP contribution in [0.25, 0.3) is 0 Å². The Morgan fingerprint density at radius 1 is 1.04 bits per heavy atom. The van der Waals surface area contributed by atoms with Gasteiger partial charge in [-0.05, 0) is 61.7 Å². The number of benzene rings is 2. The van der Waals surface area contributed by atoms with Crippen molar-refractivity contribution < 1.29 is 14.7 Å². The van der Waals surface area contributed by atoms with Crippen molar-refractivity contribution in [2.45, 2.75) is 27.2 Å². The van der Waals surface area contributed by atoms with Crippen molar-refractivity contribution in [1.29, 1.82) is 0 Å². The molecule has 2 aromatic carbocycles. The van der Waals surface area contributed by atoms with E-state index in [1.807, 2.05) is 39.0 Å². The lowest BCUT2D eigenvalue weighted by atomic mass is 10.0. The van der Waals surface area contributed by atoms with Gasteiger partial charge in [-0.2, -0.15) is 0 Å². The van der Waals surface area contributed by atoms with E-state index in [-0.39, 0.29) is 17.9 Å². The van der Waals surface area contributed by atoms with E-state index in [1.165, 1.54) is 6.07 Å². The number of nitrogens with one attached hydrogen (secondary N) is 2. The van der Waals surface area contributed by atoms with Gasteiger partial charge in [0.05, 0.1) is 23.4 Å². The van der Waals surface area contributed by atoms with Crippen LogP contribution in [0.1, 0.15) is 34.0 Å². The summed E-state index contributed by atoms with van der Waals surface area (Å²) in [6.45, 7) is 6.58. The van der Waals surface area contributed by atoms with Crippen LogP contribution in [0.2, 0.25) is 0 Å². The van der Waals surface area contributed by atoms with Crippen molar-refractivity contribution >= 4 is 23.3 Å². The molecule has 0 aliphatic carbocycles. The fraction of sp³-hybridized carbons (Fsp3) is 0.263. The van der Waals surface area contributed by atoms with Gasteiger partial charge in [0, 0.05) is 6.54 Å². The van der Waals surface area contributed by atoms with Crippen molar-refractivity contribution in [3.63, 3.8) is 0 Å². The molecule has 0 saturated carbocycles. The maximum absolute atomic E-state index is 12.3. The predicted octanol–water partition coefficient (Wildman–Crippen LogP) is 3.61. The summed E-state index contributed by atoms with van der Waals surface area (Å²) in [7, 11) is 0. The second-order valence-corrected chi connectivity index (χ2v) is 5.75. The quantitative estimate of drug-likeness (QED) is 0.757. The second-order valence-electron chi connectivity index (χ2n) is 5.75. The molecule has 2 aromatic rings. The molecule has 0 aliphatic heterocycles. The van der Waals surface area contributed by atoms with Crippen LogP contribution >= 0.6 is 0 Å². The Hall–Kier alpha value is -2.82. The number of aromatic carboxylic acids is 1. The number of anilines is 2. The lowest BCUT2D eigenvalue weighted by Gasteiger charge is -2.13. The average Bonchev–Trinajstić information content (AvgIpc) is 2.52. The van der Waals surface area contributed by atoms with Crippen LogP contribution in [-0.4, -0.2) is 23.5 Å². The van der Waals surface area contributed by atoms with Crippen molar-refractivity contribution in [1.82, 2.24) is 0 Å². The molecule has 24 heavy (non-hydrogen) atoms. The number of carboxylic acids is 1. The Balaban J connectivity index is 2.13. The van der Waals surface area contributed by atoms with Crippen LogP contribution in [-0.2, 0) is 11.2 Å². The van der Waals surface area contributed by atoms with Gasteiger partial charge in [0.25, 0.3) is 0 Å². The molecule has 3 N–H and O–H groups in total.